The van der Waals surface area contributed by atoms with Crippen LogP contribution in [0.25, 0.3) is 0 Å². The van der Waals surface area contributed by atoms with Gasteiger partial charge in [0.25, 0.3) is 0 Å². The standard InChI is InChI=1S/C8H18N2O2/c9-5-2-1-3-7(4-6-10)8(11)12/h7H,1-6,9-10H2,(H,11,12). The summed E-state index contributed by atoms with van der Waals surface area (Å²) >= 11 is 0. The highest BCUT2D eigenvalue weighted by atomic mass is 16.4. The predicted molar refractivity (Wildman–Crippen MR) is 47.7 cm³/mol. The summed E-state index contributed by atoms with van der Waals surface area (Å²) in [4.78, 5) is 10.6. The molecule has 0 aliphatic carbocycles. The molecule has 5 N–H and O–H groups in total. The summed E-state index contributed by atoms with van der Waals surface area (Å²) in [6.07, 6.45) is 3.05. The number of nitrogens with two attached hydrogens (primary N) is 2. The molecule has 0 fully saturated rings. The second-order valence-electron chi connectivity index (χ2n) is 2.90. The van der Waals surface area contributed by atoms with Gasteiger partial charge in [0, 0.05) is 0 Å². The van der Waals surface area contributed by atoms with Crippen LogP contribution in [0.4, 0.5) is 0 Å². The lowest BCUT2D eigenvalue weighted by Gasteiger charge is -2.09. The van der Waals surface area contributed by atoms with Crippen LogP contribution in [0.15, 0.2) is 0 Å². The number of hydrogen-bond donors (Lipinski definition) is 3. The molecule has 72 valence electrons. The lowest BCUT2D eigenvalue weighted by Crippen LogP contribution is -2.18. The number of hydrogen-bond acceptors (Lipinski definition) is 3. The van der Waals surface area contributed by atoms with Crippen molar-refractivity contribution in [1.82, 2.24) is 0 Å². The van der Waals surface area contributed by atoms with Crippen LogP contribution in [0.1, 0.15) is 25.7 Å². The molecule has 0 bridgehead atoms. The van der Waals surface area contributed by atoms with Crippen molar-refractivity contribution in [2.75, 3.05) is 13.1 Å². The Morgan fingerprint density at radius 3 is 2.25 bits per heavy atom. The Hall–Kier alpha value is -0.610. The molecule has 4 nitrogen and oxygen atoms in total. The van der Waals surface area contributed by atoms with Crippen molar-refractivity contribution in [3.05, 3.63) is 0 Å². The average molecular weight is 174 g/mol. The summed E-state index contributed by atoms with van der Waals surface area (Å²) in [7, 11) is 0. The quantitative estimate of drug-likeness (QED) is 0.480. The van der Waals surface area contributed by atoms with Crippen molar-refractivity contribution in [3.8, 4) is 0 Å². The number of carboxylic acids is 1. The van der Waals surface area contributed by atoms with E-state index >= 15 is 0 Å². The highest BCUT2D eigenvalue weighted by Gasteiger charge is 2.14. The van der Waals surface area contributed by atoms with Crippen molar-refractivity contribution in [2.24, 2.45) is 17.4 Å². The van der Waals surface area contributed by atoms with Gasteiger partial charge in [0.1, 0.15) is 0 Å². The number of aliphatic carboxylic acids is 1. The van der Waals surface area contributed by atoms with Crippen molar-refractivity contribution < 1.29 is 9.90 Å². The molecule has 0 aliphatic heterocycles. The molecular weight excluding hydrogens is 156 g/mol. The Morgan fingerprint density at radius 1 is 1.17 bits per heavy atom. The molecule has 0 spiro atoms. The number of carbonyl (C=O) groups is 1. The molecule has 0 rings (SSSR count). The van der Waals surface area contributed by atoms with Crippen LogP contribution in [0.2, 0.25) is 0 Å². The number of rotatable bonds is 7. The van der Waals surface area contributed by atoms with Crippen LogP contribution in [0.3, 0.4) is 0 Å². The SMILES string of the molecule is NCCCCC(CCN)C(=O)O. The molecule has 4 heteroatoms. The van der Waals surface area contributed by atoms with Gasteiger partial charge in [-0.25, -0.2) is 0 Å². The first kappa shape index (κ1) is 11.4. The third-order valence-corrected chi connectivity index (χ3v) is 1.87. The molecule has 1 unspecified atom stereocenters. The van der Waals surface area contributed by atoms with Crippen molar-refractivity contribution in [3.63, 3.8) is 0 Å². The summed E-state index contributed by atoms with van der Waals surface area (Å²) < 4.78 is 0. The normalized spacial score (nSPS) is 12.8. The van der Waals surface area contributed by atoms with E-state index in [0.29, 0.717) is 25.9 Å². The zero-order valence-electron chi connectivity index (χ0n) is 7.33. The maximum Gasteiger partial charge on any atom is 0.306 e. The molecule has 0 aromatic rings. The molecule has 0 aliphatic rings. The summed E-state index contributed by atoms with van der Waals surface area (Å²) in [5.41, 5.74) is 10.6. The van der Waals surface area contributed by atoms with Gasteiger partial charge in [0.05, 0.1) is 5.92 Å². The zero-order chi connectivity index (χ0) is 9.40. The monoisotopic (exact) mass is 174 g/mol. The van der Waals surface area contributed by atoms with Gasteiger partial charge in [-0.2, -0.15) is 0 Å². The average Bonchev–Trinajstić information content (AvgIpc) is 2.03. The van der Waals surface area contributed by atoms with Gasteiger partial charge in [0.2, 0.25) is 0 Å². The minimum absolute atomic E-state index is 0.276. The maximum atomic E-state index is 10.6. The molecule has 12 heavy (non-hydrogen) atoms. The van der Waals surface area contributed by atoms with E-state index in [2.05, 4.69) is 0 Å². The third kappa shape index (κ3) is 5.09. The fourth-order valence-corrected chi connectivity index (χ4v) is 1.13. The molecule has 0 amide bonds. The van der Waals surface area contributed by atoms with E-state index < -0.39 is 5.97 Å². The van der Waals surface area contributed by atoms with Crippen LogP contribution in [0, 0.1) is 5.92 Å². The Morgan fingerprint density at radius 2 is 1.83 bits per heavy atom. The Labute approximate surface area is 72.9 Å². The first-order valence-corrected chi connectivity index (χ1v) is 4.35. The van der Waals surface area contributed by atoms with E-state index in [0.717, 1.165) is 12.8 Å². The van der Waals surface area contributed by atoms with E-state index in [1.807, 2.05) is 0 Å². The first-order valence-electron chi connectivity index (χ1n) is 4.35. The second-order valence-corrected chi connectivity index (χ2v) is 2.90. The molecule has 0 saturated carbocycles. The van der Waals surface area contributed by atoms with Crippen LogP contribution in [-0.2, 0) is 4.79 Å². The van der Waals surface area contributed by atoms with Crippen molar-refractivity contribution >= 4 is 5.97 Å². The molecule has 0 aromatic heterocycles. The van der Waals surface area contributed by atoms with Crippen LogP contribution in [0.5, 0.6) is 0 Å². The van der Waals surface area contributed by atoms with Crippen LogP contribution >= 0.6 is 0 Å². The van der Waals surface area contributed by atoms with Crippen molar-refractivity contribution in [1.29, 1.82) is 0 Å². The fourth-order valence-electron chi connectivity index (χ4n) is 1.13. The Bertz CT molecular complexity index is 128. The van der Waals surface area contributed by atoms with Crippen LogP contribution < -0.4 is 11.5 Å². The zero-order valence-corrected chi connectivity index (χ0v) is 7.33. The molecule has 1 atom stereocenters. The number of unbranched alkanes of at least 4 members (excludes halogenated alkanes) is 1. The minimum atomic E-state index is -0.738. The summed E-state index contributed by atoms with van der Waals surface area (Å²) in [5, 5.41) is 8.72. The van der Waals surface area contributed by atoms with Gasteiger partial charge in [-0.1, -0.05) is 6.42 Å². The minimum Gasteiger partial charge on any atom is -0.481 e. The van der Waals surface area contributed by atoms with E-state index in [1.54, 1.807) is 0 Å². The largest absolute Gasteiger partial charge is 0.481 e. The van der Waals surface area contributed by atoms with Crippen molar-refractivity contribution in [2.45, 2.75) is 25.7 Å². The molecule has 0 aromatic carbocycles. The number of carboxylic acid groups (broad SMARTS) is 1. The second kappa shape index (κ2) is 7.06. The van der Waals surface area contributed by atoms with E-state index in [9.17, 15) is 4.79 Å². The molecular formula is C8H18N2O2. The predicted octanol–water partition coefficient (Wildman–Crippen LogP) is 0.165. The van der Waals surface area contributed by atoms with E-state index in [4.69, 9.17) is 16.6 Å². The van der Waals surface area contributed by atoms with Gasteiger partial charge in [0.15, 0.2) is 0 Å². The molecule has 0 radical (unpaired) electrons. The lowest BCUT2D eigenvalue weighted by atomic mass is 9.99. The lowest BCUT2D eigenvalue weighted by molar-refractivity contribution is -0.142. The third-order valence-electron chi connectivity index (χ3n) is 1.87. The van der Waals surface area contributed by atoms with Gasteiger partial charge < -0.3 is 16.6 Å². The summed E-state index contributed by atoms with van der Waals surface area (Å²) in [5.74, 6) is -1.01. The van der Waals surface area contributed by atoms with E-state index in [1.165, 1.54) is 0 Å². The Kier molecular flexibility index (Phi) is 6.70. The summed E-state index contributed by atoms with van der Waals surface area (Å²) in [6, 6.07) is 0. The van der Waals surface area contributed by atoms with E-state index in [-0.39, 0.29) is 5.92 Å². The van der Waals surface area contributed by atoms with Crippen LogP contribution in [-0.4, -0.2) is 24.2 Å². The first-order chi connectivity index (χ1) is 5.72. The highest BCUT2D eigenvalue weighted by Crippen LogP contribution is 2.11. The topological polar surface area (TPSA) is 89.3 Å². The molecule has 0 heterocycles. The van der Waals surface area contributed by atoms with Gasteiger partial charge >= 0.3 is 5.97 Å². The smallest absolute Gasteiger partial charge is 0.306 e. The van der Waals surface area contributed by atoms with Gasteiger partial charge in [-0.3, -0.25) is 4.79 Å². The molecule has 0 saturated heterocycles. The Balaban J connectivity index is 3.56. The maximum absolute atomic E-state index is 10.6. The summed E-state index contributed by atoms with van der Waals surface area (Å²) in [6.45, 7) is 1.08. The highest BCUT2D eigenvalue weighted by molar-refractivity contribution is 5.69. The van der Waals surface area contributed by atoms with Gasteiger partial charge in [-0.15, -0.1) is 0 Å². The van der Waals surface area contributed by atoms with Gasteiger partial charge in [-0.05, 0) is 32.4 Å². The fraction of sp³-hybridized carbons (Fsp3) is 0.875.